The van der Waals surface area contributed by atoms with Gasteiger partial charge in [-0.25, -0.2) is 4.79 Å². The van der Waals surface area contributed by atoms with Crippen molar-refractivity contribution < 1.29 is 19.0 Å². The lowest BCUT2D eigenvalue weighted by atomic mass is 9.95. The van der Waals surface area contributed by atoms with Crippen molar-refractivity contribution in [1.82, 2.24) is 20.2 Å². The summed E-state index contributed by atoms with van der Waals surface area (Å²) in [5.74, 6) is 1.14. The van der Waals surface area contributed by atoms with E-state index in [4.69, 9.17) is 14.2 Å². The molecule has 1 atom stereocenters. The maximum absolute atomic E-state index is 13.2. The molecule has 9 heteroatoms. The molecule has 4 rings (SSSR count). The van der Waals surface area contributed by atoms with E-state index in [0.29, 0.717) is 34.3 Å². The van der Waals surface area contributed by atoms with Crippen molar-refractivity contribution in [2.45, 2.75) is 19.6 Å². The normalized spacial score (nSPS) is 15.2. The average molecular weight is 407 g/mol. The zero-order valence-corrected chi connectivity index (χ0v) is 16.8. The molecule has 0 saturated carbocycles. The summed E-state index contributed by atoms with van der Waals surface area (Å²) in [5.41, 5.74) is 2.61. The molecule has 0 spiro atoms. The lowest BCUT2D eigenvalue weighted by Gasteiger charge is -2.28. The van der Waals surface area contributed by atoms with Crippen LogP contribution in [0.1, 0.15) is 24.1 Å². The maximum Gasteiger partial charge on any atom is 0.338 e. The van der Waals surface area contributed by atoms with Gasteiger partial charge in [0.2, 0.25) is 5.95 Å². The molecular weight excluding hydrogens is 386 g/mol. The molecular formula is C21H21N5O4. The molecule has 0 unspecified atom stereocenters. The Kier molecular flexibility index (Phi) is 5.34. The molecule has 0 amide bonds. The van der Waals surface area contributed by atoms with Crippen LogP contribution < -0.4 is 14.8 Å². The van der Waals surface area contributed by atoms with Gasteiger partial charge in [-0.2, -0.15) is 4.68 Å². The first-order chi connectivity index (χ1) is 14.6. The molecule has 1 aliphatic heterocycles. The molecule has 9 nitrogen and oxygen atoms in total. The van der Waals surface area contributed by atoms with E-state index in [0.717, 1.165) is 5.56 Å². The fourth-order valence-corrected chi connectivity index (χ4v) is 3.41. The van der Waals surface area contributed by atoms with Crippen molar-refractivity contribution >= 4 is 11.9 Å². The largest absolute Gasteiger partial charge is 0.497 e. The van der Waals surface area contributed by atoms with Crippen LogP contribution in [-0.2, 0) is 16.1 Å². The summed E-state index contributed by atoms with van der Waals surface area (Å²) in [6.07, 6.45) is 0. The minimum atomic E-state index is -0.625. The Bertz CT molecular complexity index is 1090. The first-order valence-corrected chi connectivity index (χ1v) is 9.31. The lowest BCUT2D eigenvalue weighted by Crippen LogP contribution is -2.30. The molecule has 3 aromatic rings. The van der Waals surface area contributed by atoms with Crippen molar-refractivity contribution in [2.75, 3.05) is 19.5 Å². The predicted molar refractivity (Wildman–Crippen MR) is 108 cm³/mol. The molecule has 0 aliphatic carbocycles. The van der Waals surface area contributed by atoms with Gasteiger partial charge in [-0.1, -0.05) is 35.4 Å². The highest BCUT2D eigenvalue weighted by Crippen LogP contribution is 2.40. The summed E-state index contributed by atoms with van der Waals surface area (Å²) >= 11 is 0. The lowest BCUT2D eigenvalue weighted by molar-refractivity contribution is -0.140. The Morgan fingerprint density at radius 1 is 1.13 bits per heavy atom. The first-order valence-electron chi connectivity index (χ1n) is 9.31. The van der Waals surface area contributed by atoms with Gasteiger partial charge >= 0.3 is 5.97 Å². The second kappa shape index (κ2) is 8.24. The number of carbonyl (C=O) groups excluding carboxylic acids is 1. The highest BCUT2D eigenvalue weighted by molar-refractivity contribution is 5.92. The van der Waals surface area contributed by atoms with Gasteiger partial charge in [0, 0.05) is 17.3 Å². The van der Waals surface area contributed by atoms with E-state index in [9.17, 15) is 4.79 Å². The summed E-state index contributed by atoms with van der Waals surface area (Å²) in [6, 6.07) is 14.3. The number of nitrogens with one attached hydrogen (secondary N) is 1. The van der Waals surface area contributed by atoms with Gasteiger partial charge in [-0.05, 0) is 35.0 Å². The van der Waals surface area contributed by atoms with E-state index in [1.807, 2.05) is 36.4 Å². The smallest absolute Gasteiger partial charge is 0.338 e. The van der Waals surface area contributed by atoms with E-state index in [2.05, 4.69) is 20.8 Å². The summed E-state index contributed by atoms with van der Waals surface area (Å²) in [6.45, 7) is 1.95. The van der Waals surface area contributed by atoms with Crippen LogP contribution >= 0.6 is 0 Å². The Labute approximate surface area is 173 Å². The van der Waals surface area contributed by atoms with Crippen LogP contribution in [0.3, 0.4) is 0 Å². The van der Waals surface area contributed by atoms with E-state index in [-0.39, 0.29) is 6.61 Å². The Hall–Kier alpha value is -3.88. The number of benzene rings is 2. The number of esters is 1. The van der Waals surface area contributed by atoms with Crippen LogP contribution in [0.2, 0.25) is 0 Å². The molecule has 154 valence electrons. The van der Waals surface area contributed by atoms with E-state index >= 15 is 0 Å². The standard InChI is InChI=1S/C21H21N5O4/c1-13-18(20(27)30-12-14-7-5-4-6-8-14)19(26-21(22-13)23-24-25-26)16-10-9-15(28-2)11-17(16)29-3/h4-11,19H,12H2,1-3H3,(H,22,23,25)/t19-/m0/s1. The number of tetrazole rings is 1. The number of fused-ring (bicyclic) bond motifs is 1. The van der Waals surface area contributed by atoms with E-state index < -0.39 is 12.0 Å². The number of rotatable bonds is 6. The molecule has 2 aromatic carbocycles. The third-order valence-corrected chi connectivity index (χ3v) is 4.88. The van der Waals surface area contributed by atoms with Crippen molar-refractivity contribution in [2.24, 2.45) is 0 Å². The first kappa shape index (κ1) is 19.4. The number of carbonyl (C=O) groups is 1. The fourth-order valence-electron chi connectivity index (χ4n) is 3.41. The fraction of sp³-hybridized carbons (Fsp3) is 0.238. The number of anilines is 1. The van der Waals surface area contributed by atoms with Gasteiger partial charge in [0.15, 0.2) is 0 Å². The van der Waals surface area contributed by atoms with Crippen LogP contribution in [0.25, 0.3) is 0 Å². The number of hydrogen-bond donors (Lipinski definition) is 1. The topological polar surface area (TPSA) is 100 Å². The van der Waals surface area contributed by atoms with E-state index in [1.54, 1.807) is 33.3 Å². The third kappa shape index (κ3) is 3.57. The molecule has 30 heavy (non-hydrogen) atoms. The van der Waals surface area contributed by atoms with Crippen LogP contribution in [0.5, 0.6) is 11.5 Å². The molecule has 0 radical (unpaired) electrons. The number of nitrogens with zero attached hydrogens (tertiary/aromatic N) is 4. The van der Waals surface area contributed by atoms with Gasteiger partial charge in [0.05, 0.1) is 19.8 Å². The number of methoxy groups -OCH3 is 2. The minimum absolute atomic E-state index is 0.158. The number of aromatic nitrogens is 4. The molecule has 0 fully saturated rings. The van der Waals surface area contributed by atoms with Gasteiger partial charge < -0.3 is 19.5 Å². The molecule has 0 saturated heterocycles. The van der Waals surface area contributed by atoms with Crippen molar-refractivity contribution in [1.29, 1.82) is 0 Å². The predicted octanol–water partition coefficient (Wildman–Crippen LogP) is 2.72. The van der Waals surface area contributed by atoms with Crippen LogP contribution in [0.15, 0.2) is 59.8 Å². The van der Waals surface area contributed by atoms with Gasteiger partial charge in [0.1, 0.15) is 24.1 Å². The Morgan fingerprint density at radius 2 is 1.93 bits per heavy atom. The zero-order valence-electron chi connectivity index (χ0n) is 16.8. The number of ether oxygens (including phenoxy) is 3. The van der Waals surface area contributed by atoms with Crippen molar-refractivity contribution in [3.8, 4) is 11.5 Å². The molecule has 0 bridgehead atoms. The Morgan fingerprint density at radius 3 is 2.67 bits per heavy atom. The number of hydrogen-bond acceptors (Lipinski definition) is 8. The van der Waals surface area contributed by atoms with E-state index in [1.165, 1.54) is 4.68 Å². The molecule has 1 aromatic heterocycles. The summed E-state index contributed by atoms with van der Waals surface area (Å²) in [5, 5.41) is 14.9. The maximum atomic E-state index is 13.2. The summed E-state index contributed by atoms with van der Waals surface area (Å²) in [7, 11) is 3.14. The quantitative estimate of drug-likeness (QED) is 0.623. The summed E-state index contributed by atoms with van der Waals surface area (Å²) in [4.78, 5) is 13.2. The van der Waals surface area contributed by atoms with Crippen LogP contribution in [0.4, 0.5) is 5.95 Å². The monoisotopic (exact) mass is 407 g/mol. The SMILES string of the molecule is COc1ccc([C@H]2C(C(=O)OCc3ccccc3)=C(C)Nc3nnnn32)c(OC)c1. The highest BCUT2D eigenvalue weighted by atomic mass is 16.5. The van der Waals surface area contributed by atoms with Crippen LogP contribution in [-0.4, -0.2) is 40.4 Å². The molecule has 2 heterocycles. The highest BCUT2D eigenvalue weighted by Gasteiger charge is 2.36. The van der Waals surface area contributed by atoms with Gasteiger partial charge in [0.25, 0.3) is 0 Å². The third-order valence-electron chi connectivity index (χ3n) is 4.88. The van der Waals surface area contributed by atoms with Gasteiger partial charge in [-0.15, -0.1) is 0 Å². The second-order valence-electron chi connectivity index (χ2n) is 6.68. The molecule has 1 N–H and O–H groups in total. The Balaban J connectivity index is 1.73. The minimum Gasteiger partial charge on any atom is -0.497 e. The average Bonchev–Trinajstić information content (AvgIpc) is 3.24. The van der Waals surface area contributed by atoms with Crippen molar-refractivity contribution in [3.05, 3.63) is 70.9 Å². The number of allylic oxidation sites excluding steroid dienone is 1. The van der Waals surface area contributed by atoms with Crippen LogP contribution in [0, 0.1) is 0 Å². The van der Waals surface area contributed by atoms with Gasteiger partial charge in [-0.3, -0.25) is 0 Å². The zero-order chi connectivity index (χ0) is 21.1. The van der Waals surface area contributed by atoms with Crippen molar-refractivity contribution in [3.63, 3.8) is 0 Å². The summed E-state index contributed by atoms with van der Waals surface area (Å²) < 4.78 is 18.0. The second-order valence-corrected chi connectivity index (χ2v) is 6.68. The molecule has 1 aliphatic rings.